The Bertz CT molecular complexity index is 1710. The second-order valence-electron chi connectivity index (χ2n) is 8.57. The third-order valence-electron chi connectivity index (χ3n) is 5.71. The van der Waals surface area contributed by atoms with Crippen LogP contribution in [0.25, 0.3) is 0 Å². The van der Waals surface area contributed by atoms with Crippen molar-refractivity contribution in [2.24, 2.45) is 0 Å². The molecule has 8 nitrogen and oxygen atoms in total. The van der Waals surface area contributed by atoms with Gasteiger partial charge in [0.05, 0.1) is 21.2 Å². The molecule has 4 aromatic carbocycles. The first-order valence-corrected chi connectivity index (χ1v) is 15.1. The van der Waals surface area contributed by atoms with Crippen LogP contribution >= 0.6 is 23.2 Å². The minimum atomic E-state index is -3.93. The number of sulfonamides is 2. The number of nitrogens with one attached hydrogen (secondary N) is 2. The van der Waals surface area contributed by atoms with Crippen molar-refractivity contribution >= 4 is 66.2 Å². The van der Waals surface area contributed by atoms with Crippen LogP contribution in [0, 0.1) is 6.92 Å². The number of carbonyl (C=O) groups is 1. The predicted octanol–water partition coefficient (Wildman–Crippen LogP) is 6.18. The first kappa shape index (κ1) is 28.4. The van der Waals surface area contributed by atoms with E-state index in [1.165, 1.54) is 73.8 Å². The minimum absolute atomic E-state index is 0.0289. The lowest BCUT2D eigenvalue weighted by Crippen LogP contribution is -2.26. The Morgan fingerprint density at radius 2 is 1.26 bits per heavy atom. The van der Waals surface area contributed by atoms with Crippen molar-refractivity contribution in [3.05, 3.63) is 112 Å². The first-order valence-electron chi connectivity index (χ1n) is 11.4. The number of anilines is 3. The van der Waals surface area contributed by atoms with Crippen LogP contribution in [0.3, 0.4) is 0 Å². The number of nitrogens with zero attached hydrogens (tertiary/aromatic N) is 1. The maximum absolute atomic E-state index is 12.9. The van der Waals surface area contributed by atoms with E-state index in [4.69, 9.17) is 23.2 Å². The average molecular weight is 605 g/mol. The quantitative estimate of drug-likeness (QED) is 0.250. The highest BCUT2D eigenvalue weighted by Crippen LogP contribution is 2.26. The monoisotopic (exact) mass is 603 g/mol. The van der Waals surface area contributed by atoms with E-state index >= 15 is 0 Å². The molecule has 0 heterocycles. The molecule has 4 aromatic rings. The molecule has 0 aliphatic heterocycles. The van der Waals surface area contributed by atoms with E-state index in [1.807, 2.05) is 6.92 Å². The summed E-state index contributed by atoms with van der Waals surface area (Å²) < 4.78 is 54.8. The normalized spacial score (nSPS) is 11.6. The van der Waals surface area contributed by atoms with Crippen LogP contribution in [0.15, 0.2) is 101 Å². The number of carbonyl (C=O) groups excluding carboxylic acids is 1. The van der Waals surface area contributed by atoms with Crippen LogP contribution in [-0.4, -0.2) is 29.8 Å². The molecule has 0 saturated heterocycles. The standard InChI is InChI=1S/C27H23Cl2N3O5S2/c1-18-3-11-26(12-4-18)39(36,37)32(2)24-9-5-19(6-10-24)27(33)30-22-7-13-25(14-8-22)38(34,35)31-23-16-20(28)15-21(29)17-23/h3-17,31H,1-2H3,(H,30,33). The number of amides is 1. The fourth-order valence-electron chi connectivity index (χ4n) is 3.58. The molecule has 0 aliphatic rings. The third-order valence-corrected chi connectivity index (χ3v) is 9.34. The van der Waals surface area contributed by atoms with Crippen LogP contribution in [0.4, 0.5) is 17.1 Å². The Hall–Kier alpha value is -3.57. The van der Waals surface area contributed by atoms with Crippen LogP contribution < -0.4 is 14.3 Å². The molecular formula is C27H23Cl2N3O5S2. The van der Waals surface area contributed by atoms with Gasteiger partial charge in [0.1, 0.15) is 0 Å². The van der Waals surface area contributed by atoms with Gasteiger partial charge in [-0.05, 0) is 85.8 Å². The van der Waals surface area contributed by atoms with Gasteiger partial charge in [-0.25, -0.2) is 16.8 Å². The van der Waals surface area contributed by atoms with Gasteiger partial charge >= 0.3 is 0 Å². The van der Waals surface area contributed by atoms with Gasteiger partial charge in [-0.1, -0.05) is 40.9 Å². The summed E-state index contributed by atoms with van der Waals surface area (Å²) in [5.41, 5.74) is 2.20. The summed E-state index contributed by atoms with van der Waals surface area (Å²) in [6.07, 6.45) is 0. The van der Waals surface area contributed by atoms with Gasteiger partial charge in [-0.3, -0.25) is 13.8 Å². The lowest BCUT2D eigenvalue weighted by Gasteiger charge is -2.20. The Kier molecular flexibility index (Phi) is 8.22. The van der Waals surface area contributed by atoms with Gasteiger partial charge in [0, 0.05) is 28.3 Å². The van der Waals surface area contributed by atoms with Crippen molar-refractivity contribution in [1.82, 2.24) is 0 Å². The van der Waals surface area contributed by atoms with Crippen LogP contribution in [0.2, 0.25) is 10.0 Å². The van der Waals surface area contributed by atoms with Crippen LogP contribution in [0.1, 0.15) is 15.9 Å². The molecule has 12 heteroatoms. The lowest BCUT2D eigenvalue weighted by molar-refractivity contribution is 0.102. The summed E-state index contributed by atoms with van der Waals surface area (Å²) in [5.74, 6) is -0.451. The van der Waals surface area contributed by atoms with Crippen molar-refractivity contribution in [2.75, 3.05) is 21.4 Å². The Balaban J connectivity index is 1.43. The van der Waals surface area contributed by atoms with Crippen LogP contribution in [0.5, 0.6) is 0 Å². The second kappa shape index (κ2) is 11.3. The minimum Gasteiger partial charge on any atom is -0.322 e. The summed E-state index contributed by atoms with van der Waals surface area (Å²) in [6.45, 7) is 1.87. The summed E-state index contributed by atoms with van der Waals surface area (Å²) >= 11 is 11.9. The molecule has 0 radical (unpaired) electrons. The molecule has 2 N–H and O–H groups in total. The fraction of sp³-hybridized carbons (Fsp3) is 0.0741. The van der Waals surface area contributed by atoms with E-state index in [9.17, 15) is 21.6 Å². The zero-order chi connectivity index (χ0) is 28.4. The number of aryl methyl sites for hydroxylation is 1. The molecule has 0 aromatic heterocycles. The van der Waals surface area contributed by atoms with Gasteiger partial charge in [-0.15, -0.1) is 0 Å². The van der Waals surface area contributed by atoms with Gasteiger partial charge < -0.3 is 5.32 Å². The van der Waals surface area contributed by atoms with Crippen molar-refractivity contribution in [3.63, 3.8) is 0 Å². The molecular weight excluding hydrogens is 581 g/mol. The summed E-state index contributed by atoms with van der Waals surface area (Å²) in [6, 6.07) is 22.6. The number of hydrogen-bond acceptors (Lipinski definition) is 5. The smallest absolute Gasteiger partial charge is 0.264 e. The molecule has 0 atom stereocenters. The Labute approximate surface area is 237 Å². The fourth-order valence-corrected chi connectivity index (χ4v) is 6.34. The van der Waals surface area contributed by atoms with Crippen molar-refractivity contribution < 1.29 is 21.6 Å². The number of halogens is 2. The van der Waals surface area contributed by atoms with Crippen LogP contribution in [-0.2, 0) is 20.0 Å². The average Bonchev–Trinajstić information content (AvgIpc) is 2.88. The zero-order valence-corrected chi connectivity index (χ0v) is 23.9. The van der Waals surface area contributed by atoms with Gasteiger partial charge in [0.15, 0.2) is 0 Å². The molecule has 0 spiro atoms. The lowest BCUT2D eigenvalue weighted by atomic mass is 10.2. The largest absolute Gasteiger partial charge is 0.322 e. The van der Waals surface area contributed by atoms with E-state index in [1.54, 1.807) is 24.3 Å². The van der Waals surface area contributed by atoms with E-state index < -0.39 is 26.0 Å². The molecule has 0 unspecified atom stereocenters. The van der Waals surface area contributed by atoms with E-state index in [0.29, 0.717) is 11.4 Å². The summed E-state index contributed by atoms with van der Waals surface area (Å²) in [5, 5.41) is 3.26. The van der Waals surface area contributed by atoms with E-state index in [0.717, 1.165) is 9.87 Å². The molecule has 39 heavy (non-hydrogen) atoms. The number of hydrogen-bond donors (Lipinski definition) is 2. The first-order chi connectivity index (χ1) is 18.3. The predicted molar refractivity (Wildman–Crippen MR) is 155 cm³/mol. The molecule has 0 aliphatic carbocycles. The number of benzene rings is 4. The second-order valence-corrected chi connectivity index (χ2v) is 13.1. The molecule has 0 bridgehead atoms. The van der Waals surface area contributed by atoms with Gasteiger partial charge in [0.2, 0.25) is 0 Å². The molecule has 0 fully saturated rings. The molecule has 202 valence electrons. The topological polar surface area (TPSA) is 113 Å². The highest BCUT2D eigenvalue weighted by Gasteiger charge is 2.21. The Morgan fingerprint density at radius 3 is 1.82 bits per heavy atom. The van der Waals surface area contributed by atoms with Crippen molar-refractivity contribution in [3.8, 4) is 0 Å². The van der Waals surface area contributed by atoms with Gasteiger partial charge in [0.25, 0.3) is 26.0 Å². The highest BCUT2D eigenvalue weighted by atomic mass is 35.5. The van der Waals surface area contributed by atoms with E-state index in [2.05, 4.69) is 10.0 Å². The molecule has 4 rings (SSSR count). The summed E-state index contributed by atoms with van der Waals surface area (Å²) in [7, 11) is -6.25. The van der Waals surface area contributed by atoms with E-state index in [-0.39, 0.29) is 31.1 Å². The zero-order valence-electron chi connectivity index (χ0n) is 20.7. The summed E-state index contributed by atoms with van der Waals surface area (Å²) in [4.78, 5) is 12.9. The third kappa shape index (κ3) is 6.72. The maximum atomic E-state index is 12.9. The SMILES string of the molecule is Cc1ccc(S(=O)(=O)N(C)c2ccc(C(=O)Nc3ccc(S(=O)(=O)Nc4cc(Cl)cc(Cl)c4)cc3)cc2)cc1. The molecule has 1 amide bonds. The molecule has 0 saturated carbocycles. The maximum Gasteiger partial charge on any atom is 0.264 e. The van der Waals surface area contributed by atoms with Gasteiger partial charge in [-0.2, -0.15) is 0 Å². The highest BCUT2D eigenvalue weighted by molar-refractivity contribution is 7.93. The Morgan fingerprint density at radius 1 is 0.718 bits per heavy atom. The van der Waals surface area contributed by atoms with Crippen molar-refractivity contribution in [1.29, 1.82) is 0 Å². The number of rotatable bonds is 8. The van der Waals surface area contributed by atoms with Crippen molar-refractivity contribution in [2.45, 2.75) is 16.7 Å².